The molecule has 0 saturated heterocycles. The van der Waals surface area contributed by atoms with Gasteiger partial charge in [0.1, 0.15) is 6.04 Å². The summed E-state index contributed by atoms with van der Waals surface area (Å²) in [5.41, 5.74) is 2.03. The van der Waals surface area contributed by atoms with Crippen LogP contribution >= 0.6 is 0 Å². The van der Waals surface area contributed by atoms with Crippen LogP contribution in [0.3, 0.4) is 0 Å². The van der Waals surface area contributed by atoms with E-state index in [9.17, 15) is 18.0 Å². The fourth-order valence-corrected chi connectivity index (χ4v) is 5.26. The average molecular weight is 546 g/mol. The first-order chi connectivity index (χ1) is 17.8. The Hall–Kier alpha value is -3.27. The molecular weight excluding hydrogens is 506 g/mol. The molecule has 3 rings (SSSR count). The number of carbonyl (C=O) groups excluding carboxylic acids is 2. The van der Waals surface area contributed by atoms with Crippen LogP contribution in [-0.4, -0.2) is 56.3 Å². The fourth-order valence-electron chi connectivity index (χ4n) is 4.31. The van der Waals surface area contributed by atoms with Crippen molar-refractivity contribution in [1.82, 2.24) is 10.2 Å². The summed E-state index contributed by atoms with van der Waals surface area (Å²) in [6.45, 7) is 10.1. The highest BCUT2D eigenvalue weighted by Gasteiger charge is 2.31. The van der Waals surface area contributed by atoms with Crippen molar-refractivity contribution in [2.45, 2.75) is 72.0 Å². The zero-order valence-corrected chi connectivity index (χ0v) is 23.9. The average Bonchev–Trinajstić information content (AvgIpc) is 3.29. The van der Waals surface area contributed by atoms with E-state index in [1.165, 1.54) is 4.31 Å². The third kappa shape index (κ3) is 7.86. The number of nitrogens with one attached hydrogen (secondary N) is 1. The molecule has 2 amide bonds. The number of anilines is 1. The standard InChI is InChI=1S/C28H39N3O6S/c1-7-23(27(33)29-28(3,4)5)30(18-21-12-10-20(2)11-13-21)26(32)9-8-16-31(38(6,34)35)22-14-15-24-25(17-22)37-19-36-24/h10-15,17,23H,7-9,16,18-19H2,1-6H3,(H,29,33)/t23-/m1/s1. The van der Waals surface area contributed by atoms with Crippen LogP contribution in [0.25, 0.3) is 0 Å². The summed E-state index contributed by atoms with van der Waals surface area (Å²) in [5.74, 6) is 0.620. The van der Waals surface area contributed by atoms with Crippen molar-refractivity contribution in [2.75, 3.05) is 23.9 Å². The smallest absolute Gasteiger partial charge is 0.243 e. The van der Waals surface area contributed by atoms with Crippen molar-refractivity contribution >= 4 is 27.5 Å². The van der Waals surface area contributed by atoms with E-state index >= 15 is 0 Å². The number of ether oxygens (including phenoxy) is 2. The third-order valence-corrected chi connectivity index (χ3v) is 7.35. The van der Waals surface area contributed by atoms with Gasteiger partial charge in [-0.3, -0.25) is 13.9 Å². The number of hydrogen-bond donors (Lipinski definition) is 1. The zero-order valence-electron chi connectivity index (χ0n) is 23.1. The molecule has 1 aliphatic heterocycles. The van der Waals surface area contributed by atoms with Crippen molar-refractivity contribution < 1.29 is 27.5 Å². The van der Waals surface area contributed by atoms with Crippen molar-refractivity contribution in [1.29, 1.82) is 0 Å². The van der Waals surface area contributed by atoms with Crippen molar-refractivity contribution in [3.63, 3.8) is 0 Å². The molecule has 1 heterocycles. The van der Waals surface area contributed by atoms with Crippen LogP contribution in [0.4, 0.5) is 5.69 Å². The largest absolute Gasteiger partial charge is 0.454 e. The van der Waals surface area contributed by atoms with Crippen molar-refractivity contribution in [3.05, 3.63) is 53.6 Å². The first kappa shape index (κ1) is 29.3. The van der Waals surface area contributed by atoms with Crippen LogP contribution in [0.15, 0.2) is 42.5 Å². The molecule has 1 aliphatic rings. The second kappa shape index (κ2) is 12.1. The molecule has 208 valence electrons. The van der Waals surface area contributed by atoms with E-state index in [1.807, 2.05) is 58.9 Å². The molecular formula is C28H39N3O6S. The predicted molar refractivity (Wildman–Crippen MR) is 148 cm³/mol. The zero-order chi connectivity index (χ0) is 28.1. The molecule has 1 atom stereocenters. The lowest BCUT2D eigenvalue weighted by Crippen LogP contribution is -2.53. The molecule has 2 aromatic carbocycles. The Kier molecular flexibility index (Phi) is 9.30. The molecule has 10 heteroatoms. The van der Waals surface area contributed by atoms with Gasteiger partial charge in [0.2, 0.25) is 28.6 Å². The Bertz CT molecular complexity index is 1240. The number of carbonyl (C=O) groups is 2. The summed E-state index contributed by atoms with van der Waals surface area (Å²) in [5, 5.41) is 2.99. The van der Waals surface area contributed by atoms with Crippen LogP contribution in [-0.2, 0) is 26.2 Å². The van der Waals surface area contributed by atoms with Gasteiger partial charge in [0, 0.05) is 31.1 Å². The SMILES string of the molecule is CC[C@H](C(=O)NC(C)(C)C)N(Cc1ccc(C)cc1)C(=O)CCCN(c1ccc2c(c1)OCO2)S(C)(=O)=O. The van der Waals surface area contributed by atoms with E-state index in [-0.39, 0.29) is 44.5 Å². The molecule has 1 N–H and O–H groups in total. The van der Waals surface area contributed by atoms with Gasteiger partial charge in [-0.15, -0.1) is 0 Å². The highest BCUT2D eigenvalue weighted by molar-refractivity contribution is 7.92. The maximum atomic E-state index is 13.5. The van der Waals surface area contributed by atoms with Crippen molar-refractivity contribution in [3.8, 4) is 11.5 Å². The topological polar surface area (TPSA) is 105 Å². The summed E-state index contributed by atoms with van der Waals surface area (Å²) < 4.78 is 37.2. The summed E-state index contributed by atoms with van der Waals surface area (Å²) in [4.78, 5) is 28.3. The Labute approximate surface area is 226 Å². The second-order valence-electron chi connectivity index (χ2n) is 10.6. The van der Waals surface area contributed by atoms with Gasteiger partial charge in [0.25, 0.3) is 0 Å². The van der Waals surface area contributed by atoms with Gasteiger partial charge >= 0.3 is 0 Å². The number of nitrogens with zero attached hydrogens (tertiary/aromatic N) is 2. The predicted octanol–water partition coefficient (Wildman–Crippen LogP) is 3.99. The van der Waals surface area contributed by atoms with Crippen LogP contribution < -0.4 is 19.1 Å². The summed E-state index contributed by atoms with van der Waals surface area (Å²) in [7, 11) is -3.61. The highest BCUT2D eigenvalue weighted by Crippen LogP contribution is 2.36. The van der Waals surface area contributed by atoms with E-state index in [0.29, 0.717) is 23.6 Å². The van der Waals surface area contributed by atoms with E-state index in [2.05, 4.69) is 5.32 Å². The first-order valence-corrected chi connectivity index (χ1v) is 14.7. The van der Waals surface area contributed by atoms with Crippen LogP contribution in [0.1, 0.15) is 58.1 Å². The first-order valence-electron chi connectivity index (χ1n) is 12.8. The van der Waals surface area contributed by atoms with E-state index in [4.69, 9.17) is 9.47 Å². The fraction of sp³-hybridized carbons (Fsp3) is 0.500. The number of amides is 2. The Morgan fingerprint density at radius 3 is 2.32 bits per heavy atom. The Morgan fingerprint density at radius 2 is 1.71 bits per heavy atom. The minimum atomic E-state index is -3.61. The summed E-state index contributed by atoms with van der Waals surface area (Å²) >= 11 is 0. The molecule has 0 unspecified atom stereocenters. The van der Waals surface area contributed by atoms with Gasteiger partial charge in [-0.1, -0.05) is 36.8 Å². The number of hydrogen-bond acceptors (Lipinski definition) is 6. The molecule has 0 aromatic heterocycles. The Morgan fingerprint density at radius 1 is 1.05 bits per heavy atom. The molecule has 0 radical (unpaired) electrons. The number of sulfonamides is 1. The lowest BCUT2D eigenvalue weighted by molar-refractivity contribution is -0.142. The molecule has 0 aliphatic carbocycles. The van der Waals surface area contributed by atoms with Gasteiger partial charge < -0.3 is 19.7 Å². The van der Waals surface area contributed by atoms with Crippen LogP contribution in [0.2, 0.25) is 0 Å². The van der Waals surface area contributed by atoms with Crippen LogP contribution in [0, 0.1) is 6.92 Å². The molecule has 0 bridgehead atoms. The maximum Gasteiger partial charge on any atom is 0.243 e. The lowest BCUT2D eigenvalue weighted by atomic mass is 10.0. The third-order valence-electron chi connectivity index (χ3n) is 6.15. The molecule has 2 aromatic rings. The highest BCUT2D eigenvalue weighted by atomic mass is 32.2. The number of rotatable bonds is 11. The lowest BCUT2D eigenvalue weighted by Gasteiger charge is -2.33. The number of benzene rings is 2. The normalized spacial score (nSPS) is 13.6. The van der Waals surface area contributed by atoms with Gasteiger partial charge in [-0.25, -0.2) is 8.42 Å². The van der Waals surface area contributed by atoms with E-state index in [1.54, 1.807) is 23.1 Å². The molecule has 0 spiro atoms. The van der Waals surface area contributed by atoms with Gasteiger partial charge in [0.05, 0.1) is 11.9 Å². The van der Waals surface area contributed by atoms with E-state index in [0.717, 1.165) is 17.4 Å². The Balaban J connectivity index is 1.77. The molecule has 38 heavy (non-hydrogen) atoms. The minimum absolute atomic E-state index is 0.0851. The van der Waals surface area contributed by atoms with E-state index < -0.39 is 21.6 Å². The quantitative estimate of drug-likeness (QED) is 0.458. The van der Waals surface area contributed by atoms with Crippen molar-refractivity contribution in [2.24, 2.45) is 0 Å². The summed E-state index contributed by atoms with van der Waals surface area (Å²) in [6.07, 6.45) is 1.95. The second-order valence-corrected chi connectivity index (χ2v) is 12.6. The molecule has 0 saturated carbocycles. The van der Waals surface area contributed by atoms with Gasteiger partial charge in [-0.2, -0.15) is 0 Å². The minimum Gasteiger partial charge on any atom is -0.454 e. The maximum absolute atomic E-state index is 13.5. The van der Waals surface area contributed by atoms with Crippen LogP contribution in [0.5, 0.6) is 11.5 Å². The molecule has 9 nitrogen and oxygen atoms in total. The van der Waals surface area contributed by atoms with Gasteiger partial charge in [-0.05, 0) is 58.2 Å². The number of fused-ring (bicyclic) bond motifs is 1. The number of aryl methyl sites for hydroxylation is 1. The van der Waals surface area contributed by atoms with Gasteiger partial charge in [0.15, 0.2) is 11.5 Å². The monoisotopic (exact) mass is 545 g/mol. The summed E-state index contributed by atoms with van der Waals surface area (Å²) in [6, 6.07) is 12.2. The molecule has 0 fully saturated rings.